The van der Waals surface area contributed by atoms with Crippen LogP contribution in [-0.4, -0.2) is 53.7 Å². The van der Waals surface area contributed by atoms with Crippen molar-refractivity contribution in [3.8, 4) is 0 Å². The van der Waals surface area contributed by atoms with Gasteiger partial charge in [-0.3, -0.25) is 0 Å². The highest BCUT2D eigenvalue weighted by Crippen LogP contribution is 2.19. The molecule has 0 saturated carbocycles. The van der Waals surface area contributed by atoms with E-state index in [0.29, 0.717) is 18.9 Å². The van der Waals surface area contributed by atoms with E-state index < -0.39 is 10.2 Å². The molecule has 1 aliphatic rings. The van der Waals surface area contributed by atoms with Crippen LogP contribution in [0.2, 0.25) is 0 Å². The molecule has 0 radical (unpaired) electrons. The van der Waals surface area contributed by atoms with E-state index in [1.165, 1.54) is 0 Å². The Kier molecular flexibility index (Phi) is 5.08. The first-order chi connectivity index (χ1) is 9.54. The summed E-state index contributed by atoms with van der Waals surface area (Å²) < 4.78 is 30.7. The van der Waals surface area contributed by atoms with Crippen molar-refractivity contribution in [3.05, 3.63) is 12.2 Å². The Morgan fingerprint density at radius 2 is 2.25 bits per heavy atom. The van der Waals surface area contributed by atoms with Gasteiger partial charge in [0.1, 0.15) is 12.2 Å². The summed E-state index contributed by atoms with van der Waals surface area (Å²) in [5.41, 5.74) is 0. The molecule has 0 aromatic carbocycles. The predicted molar refractivity (Wildman–Crippen MR) is 75.0 cm³/mol. The lowest BCUT2D eigenvalue weighted by atomic mass is 10.1. The van der Waals surface area contributed by atoms with E-state index in [4.69, 9.17) is 0 Å². The van der Waals surface area contributed by atoms with Gasteiger partial charge in [-0.15, -0.1) is 10.2 Å². The average Bonchev–Trinajstić information content (AvgIpc) is 2.83. The van der Waals surface area contributed by atoms with Crippen molar-refractivity contribution in [2.24, 2.45) is 7.05 Å². The zero-order valence-corrected chi connectivity index (χ0v) is 12.7. The van der Waals surface area contributed by atoms with E-state index >= 15 is 0 Å². The van der Waals surface area contributed by atoms with Gasteiger partial charge in [-0.1, -0.05) is 6.42 Å². The first-order valence-electron chi connectivity index (χ1n) is 6.78. The summed E-state index contributed by atoms with van der Waals surface area (Å²) in [5, 5.41) is 10.7. The Balaban J connectivity index is 2.02. The SMILES string of the molecule is CNCC1CCCCN1S(=O)(=O)NCc1nncn1C. The number of nitrogens with one attached hydrogen (secondary N) is 2. The van der Waals surface area contributed by atoms with Crippen LogP contribution in [0.15, 0.2) is 6.33 Å². The average molecular weight is 302 g/mol. The van der Waals surface area contributed by atoms with Crippen molar-refractivity contribution < 1.29 is 8.42 Å². The molecule has 2 rings (SSSR count). The molecule has 2 N–H and O–H groups in total. The van der Waals surface area contributed by atoms with Crippen molar-refractivity contribution in [2.75, 3.05) is 20.1 Å². The summed E-state index contributed by atoms with van der Waals surface area (Å²) >= 11 is 0. The molecule has 1 aromatic heterocycles. The quantitative estimate of drug-likeness (QED) is 0.719. The number of nitrogens with zero attached hydrogens (tertiary/aromatic N) is 4. The second kappa shape index (κ2) is 6.61. The number of hydrogen-bond donors (Lipinski definition) is 2. The maximum atomic E-state index is 12.4. The molecule has 114 valence electrons. The second-order valence-electron chi connectivity index (χ2n) is 5.00. The minimum Gasteiger partial charge on any atom is -0.320 e. The molecule has 0 bridgehead atoms. The number of piperidine rings is 1. The monoisotopic (exact) mass is 302 g/mol. The van der Waals surface area contributed by atoms with E-state index in [2.05, 4.69) is 20.2 Å². The summed E-state index contributed by atoms with van der Waals surface area (Å²) in [4.78, 5) is 0. The first-order valence-corrected chi connectivity index (χ1v) is 8.22. The number of rotatable bonds is 6. The molecule has 1 aromatic rings. The molecule has 2 heterocycles. The van der Waals surface area contributed by atoms with Crippen molar-refractivity contribution in [1.29, 1.82) is 0 Å². The molecule has 8 nitrogen and oxygen atoms in total. The maximum absolute atomic E-state index is 12.4. The van der Waals surface area contributed by atoms with Crippen LogP contribution in [-0.2, 0) is 23.8 Å². The van der Waals surface area contributed by atoms with Crippen LogP contribution >= 0.6 is 0 Å². The minimum absolute atomic E-state index is 0.0192. The fraction of sp³-hybridized carbons (Fsp3) is 0.818. The van der Waals surface area contributed by atoms with Gasteiger partial charge >= 0.3 is 0 Å². The number of aryl methyl sites for hydroxylation is 1. The summed E-state index contributed by atoms with van der Waals surface area (Å²) in [5.74, 6) is 0.593. The standard InChI is InChI=1S/C11H22N6O2S/c1-12-7-10-5-3-4-6-17(10)20(18,19)14-8-11-15-13-9-16(11)2/h9-10,12,14H,3-8H2,1-2H3. The Labute approximate surface area is 119 Å². The maximum Gasteiger partial charge on any atom is 0.280 e. The molecule has 9 heteroatoms. The predicted octanol–water partition coefficient (Wildman–Crippen LogP) is -0.777. The van der Waals surface area contributed by atoms with Gasteiger partial charge in [0.05, 0.1) is 6.54 Å². The summed E-state index contributed by atoms with van der Waals surface area (Å²) in [6, 6.07) is 0.0192. The molecule has 0 spiro atoms. The normalized spacial score (nSPS) is 21.2. The van der Waals surface area contributed by atoms with Crippen LogP contribution in [0.4, 0.5) is 0 Å². The van der Waals surface area contributed by atoms with Gasteiger partial charge in [0.25, 0.3) is 10.2 Å². The molecule has 20 heavy (non-hydrogen) atoms. The van der Waals surface area contributed by atoms with Crippen LogP contribution < -0.4 is 10.0 Å². The zero-order valence-electron chi connectivity index (χ0n) is 11.9. The summed E-state index contributed by atoms with van der Waals surface area (Å²) in [7, 11) is 0.140. The second-order valence-corrected chi connectivity index (χ2v) is 6.71. The van der Waals surface area contributed by atoms with E-state index in [9.17, 15) is 8.42 Å². The first kappa shape index (κ1) is 15.4. The van der Waals surface area contributed by atoms with Crippen LogP contribution in [0.5, 0.6) is 0 Å². The fourth-order valence-electron chi connectivity index (χ4n) is 2.44. The van der Waals surface area contributed by atoms with E-state index in [1.54, 1.807) is 22.2 Å². The third kappa shape index (κ3) is 3.54. The van der Waals surface area contributed by atoms with Crippen LogP contribution in [0.25, 0.3) is 0 Å². The fourth-order valence-corrected chi connectivity index (χ4v) is 3.86. The summed E-state index contributed by atoms with van der Waals surface area (Å²) in [6.45, 7) is 1.40. The smallest absolute Gasteiger partial charge is 0.280 e. The highest BCUT2D eigenvalue weighted by atomic mass is 32.2. The lowest BCUT2D eigenvalue weighted by Crippen LogP contribution is -2.52. The van der Waals surface area contributed by atoms with Crippen LogP contribution in [0, 0.1) is 0 Å². The van der Waals surface area contributed by atoms with Gasteiger partial charge in [-0.2, -0.15) is 17.4 Å². The van der Waals surface area contributed by atoms with Gasteiger partial charge < -0.3 is 9.88 Å². The number of likely N-dealkylation sites (N-methyl/N-ethyl adjacent to an activating group) is 1. The van der Waals surface area contributed by atoms with Crippen molar-refractivity contribution in [1.82, 2.24) is 29.1 Å². The molecule has 1 aliphatic heterocycles. The Bertz CT molecular complexity index is 527. The molecular formula is C11H22N6O2S. The Hall–Kier alpha value is -1.03. The van der Waals surface area contributed by atoms with E-state index in [0.717, 1.165) is 19.3 Å². The van der Waals surface area contributed by atoms with Gasteiger partial charge in [-0.25, -0.2) is 0 Å². The van der Waals surface area contributed by atoms with Crippen LogP contribution in [0.3, 0.4) is 0 Å². The third-order valence-electron chi connectivity index (χ3n) is 3.54. The Morgan fingerprint density at radius 3 is 2.90 bits per heavy atom. The van der Waals surface area contributed by atoms with Crippen molar-refractivity contribution in [2.45, 2.75) is 31.8 Å². The topological polar surface area (TPSA) is 92.2 Å². The van der Waals surface area contributed by atoms with Gasteiger partial charge in [0.15, 0.2) is 0 Å². The highest BCUT2D eigenvalue weighted by Gasteiger charge is 2.31. The van der Waals surface area contributed by atoms with E-state index in [1.807, 2.05) is 7.05 Å². The van der Waals surface area contributed by atoms with Gasteiger partial charge in [0, 0.05) is 26.2 Å². The van der Waals surface area contributed by atoms with Crippen LogP contribution in [0.1, 0.15) is 25.1 Å². The lowest BCUT2D eigenvalue weighted by Gasteiger charge is -2.34. The molecule has 1 atom stereocenters. The van der Waals surface area contributed by atoms with Crippen molar-refractivity contribution >= 4 is 10.2 Å². The zero-order chi connectivity index (χ0) is 14.6. The summed E-state index contributed by atoms with van der Waals surface area (Å²) in [6.07, 6.45) is 4.42. The molecule has 0 aliphatic carbocycles. The molecular weight excluding hydrogens is 280 g/mol. The largest absolute Gasteiger partial charge is 0.320 e. The van der Waals surface area contributed by atoms with Gasteiger partial charge in [-0.05, 0) is 19.9 Å². The third-order valence-corrected chi connectivity index (χ3v) is 5.15. The van der Waals surface area contributed by atoms with Crippen molar-refractivity contribution in [3.63, 3.8) is 0 Å². The van der Waals surface area contributed by atoms with E-state index in [-0.39, 0.29) is 12.6 Å². The molecule has 1 fully saturated rings. The molecule has 0 amide bonds. The number of hydrogen-bond acceptors (Lipinski definition) is 5. The van der Waals surface area contributed by atoms with Gasteiger partial charge in [0.2, 0.25) is 0 Å². The lowest BCUT2D eigenvalue weighted by molar-refractivity contribution is 0.246. The minimum atomic E-state index is -3.49. The molecule has 1 saturated heterocycles. The highest BCUT2D eigenvalue weighted by molar-refractivity contribution is 7.87. The Morgan fingerprint density at radius 1 is 1.45 bits per heavy atom. The molecule has 1 unspecified atom stereocenters. The number of aromatic nitrogens is 3.